The Labute approximate surface area is 122 Å². The summed E-state index contributed by atoms with van der Waals surface area (Å²) < 4.78 is 26.4. The number of fused-ring (bicyclic) bond motifs is 1. The number of nitrogens with one attached hydrogen (secondary N) is 1. The summed E-state index contributed by atoms with van der Waals surface area (Å²) in [6.07, 6.45) is 4.60. The van der Waals surface area contributed by atoms with Crippen LogP contribution in [-0.2, 0) is 21.2 Å². The highest BCUT2D eigenvalue weighted by Crippen LogP contribution is 2.51. The number of carbonyl (C=O) groups excluding carboxylic acids is 1. The smallest absolute Gasteiger partial charge is 0.274 e. The molecule has 110 valence electrons. The highest BCUT2D eigenvalue weighted by molar-refractivity contribution is 7.92. The zero-order valence-corrected chi connectivity index (χ0v) is 13.0. The van der Waals surface area contributed by atoms with Crippen molar-refractivity contribution in [3.8, 4) is 0 Å². The topological polar surface area (TPSA) is 76.1 Å². The molecule has 0 aliphatic heterocycles. The quantitative estimate of drug-likeness (QED) is 0.921. The summed E-state index contributed by atoms with van der Waals surface area (Å²) in [6.45, 7) is 1.91. The first kappa shape index (κ1) is 14.0. The van der Waals surface area contributed by atoms with Crippen molar-refractivity contribution in [3.05, 3.63) is 11.1 Å². The fourth-order valence-corrected chi connectivity index (χ4v) is 5.08. The van der Waals surface area contributed by atoms with E-state index in [1.54, 1.807) is 5.38 Å². The molecule has 2 fully saturated rings. The largest absolute Gasteiger partial charge is 0.291 e. The molecule has 1 heterocycles. The third-order valence-electron chi connectivity index (χ3n) is 4.27. The van der Waals surface area contributed by atoms with E-state index in [-0.39, 0.29) is 16.2 Å². The van der Waals surface area contributed by atoms with Crippen molar-refractivity contribution in [2.75, 3.05) is 0 Å². The maximum Gasteiger partial charge on any atom is 0.291 e. The number of sulfonamides is 1. The highest BCUT2D eigenvalue weighted by Gasteiger charge is 2.44. The van der Waals surface area contributed by atoms with Crippen molar-refractivity contribution in [1.82, 2.24) is 9.71 Å². The Morgan fingerprint density at radius 1 is 1.40 bits per heavy atom. The van der Waals surface area contributed by atoms with Gasteiger partial charge in [0.15, 0.2) is 0 Å². The third kappa shape index (κ3) is 2.74. The van der Waals surface area contributed by atoms with Gasteiger partial charge in [0.25, 0.3) is 10.0 Å². The zero-order chi connectivity index (χ0) is 14.3. The van der Waals surface area contributed by atoms with E-state index >= 15 is 0 Å². The minimum atomic E-state index is -3.79. The first-order valence-electron chi connectivity index (χ1n) is 7.00. The van der Waals surface area contributed by atoms with Gasteiger partial charge in [-0.25, -0.2) is 9.71 Å². The SMILES string of the molecule is CCc1csc(S(=O)(=O)NC(=O)C2CCC3CC3C2)n1. The van der Waals surface area contributed by atoms with E-state index in [0.717, 1.165) is 42.2 Å². The monoisotopic (exact) mass is 314 g/mol. The van der Waals surface area contributed by atoms with E-state index in [0.29, 0.717) is 12.3 Å². The van der Waals surface area contributed by atoms with Crippen LogP contribution in [-0.4, -0.2) is 19.3 Å². The lowest BCUT2D eigenvalue weighted by Crippen LogP contribution is -2.36. The average molecular weight is 314 g/mol. The van der Waals surface area contributed by atoms with Gasteiger partial charge in [0.2, 0.25) is 10.2 Å². The molecule has 20 heavy (non-hydrogen) atoms. The third-order valence-corrected chi connectivity index (χ3v) is 6.92. The van der Waals surface area contributed by atoms with Gasteiger partial charge < -0.3 is 0 Å². The minimum Gasteiger partial charge on any atom is -0.274 e. The van der Waals surface area contributed by atoms with E-state index in [4.69, 9.17) is 0 Å². The summed E-state index contributed by atoms with van der Waals surface area (Å²) in [5.74, 6) is 0.929. The fraction of sp³-hybridized carbons (Fsp3) is 0.692. The van der Waals surface area contributed by atoms with Crippen LogP contribution in [0.1, 0.15) is 38.3 Å². The first-order chi connectivity index (χ1) is 9.49. The molecule has 1 N–H and O–H groups in total. The Hall–Kier alpha value is -0.950. The molecule has 1 aromatic rings. The highest BCUT2D eigenvalue weighted by atomic mass is 32.2. The van der Waals surface area contributed by atoms with Gasteiger partial charge in [-0.2, -0.15) is 8.42 Å². The molecule has 0 saturated heterocycles. The molecule has 3 rings (SSSR count). The van der Waals surface area contributed by atoms with E-state index < -0.39 is 10.0 Å². The van der Waals surface area contributed by atoms with Gasteiger partial charge in [0.1, 0.15) is 0 Å². The molecule has 0 bridgehead atoms. The van der Waals surface area contributed by atoms with E-state index in [9.17, 15) is 13.2 Å². The first-order valence-corrected chi connectivity index (χ1v) is 9.37. The predicted octanol–water partition coefficient (Wildman–Crippen LogP) is 1.95. The van der Waals surface area contributed by atoms with Crippen molar-refractivity contribution in [2.24, 2.45) is 17.8 Å². The Morgan fingerprint density at radius 3 is 2.85 bits per heavy atom. The Kier molecular flexibility index (Phi) is 3.58. The molecule has 5 nitrogen and oxygen atoms in total. The molecule has 1 amide bonds. The number of hydrogen-bond donors (Lipinski definition) is 1. The van der Waals surface area contributed by atoms with Crippen molar-refractivity contribution in [1.29, 1.82) is 0 Å². The van der Waals surface area contributed by atoms with Gasteiger partial charge in [-0.3, -0.25) is 4.79 Å². The molecular formula is C13H18N2O3S2. The van der Waals surface area contributed by atoms with Gasteiger partial charge in [-0.05, 0) is 43.9 Å². The number of aromatic nitrogens is 1. The molecule has 3 atom stereocenters. The lowest BCUT2D eigenvalue weighted by Gasteiger charge is -2.19. The Bertz CT molecular complexity index is 623. The van der Waals surface area contributed by atoms with Gasteiger partial charge in [0, 0.05) is 11.3 Å². The van der Waals surface area contributed by atoms with Crippen LogP contribution in [0.15, 0.2) is 9.72 Å². The van der Waals surface area contributed by atoms with Crippen LogP contribution in [0.3, 0.4) is 0 Å². The van der Waals surface area contributed by atoms with Gasteiger partial charge in [0.05, 0.1) is 5.69 Å². The Balaban J connectivity index is 1.67. The second kappa shape index (κ2) is 5.11. The summed E-state index contributed by atoms with van der Waals surface area (Å²) in [5.41, 5.74) is 0.737. The molecule has 0 spiro atoms. The van der Waals surface area contributed by atoms with Crippen molar-refractivity contribution >= 4 is 27.3 Å². The normalized spacial score (nSPS) is 28.8. The molecule has 2 aliphatic rings. The molecule has 1 aromatic heterocycles. The molecule has 3 unspecified atom stereocenters. The van der Waals surface area contributed by atoms with Crippen LogP contribution < -0.4 is 4.72 Å². The number of carbonyl (C=O) groups is 1. The molecule has 0 aromatic carbocycles. The van der Waals surface area contributed by atoms with Crippen LogP contribution >= 0.6 is 11.3 Å². The average Bonchev–Trinajstić information content (AvgIpc) is 3.02. The summed E-state index contributed by atoms with van der Waals surface area (Å²) in [7, 11) is -3.79. The van der Waals surface area contributed by atoms with Crippen molar-refractivity contribution in [3.63, 3.8) is 0 Å². The fourth-order valence-electron chi connectivity index (χ4n) is 2.92. The maximum absolute atomic E-state index is 12.1. The number of thiazole rings is 1. The summed E-state index contributed by atoms with van der Waals surface area (Å²) in [5, 5.41) is 1.72. The van der Waals surface area contributed by atoms with Gasteiger partial charge in [-0.15, -0.1) is 11.3 Å². The standard InChI is InChI=1S/C13H18N2O3S2/c1-2-11-7-19-13(14-11)20(17,18)15-12(16)9-4-3-8-5-10(8)6-9/h7-10H,2-6H2,1H3,(H,15,16). The van der Waals surface area contributed by atoms with Crippen molar-refractivity contribution < 1.29 is 13.2 Å². The second-order valence-electron chi connectivity index (χ2n) is 5.69. The molecule has 7 heteroatoms. The summed E-state index contributed by atoms with van der Waals surface area (Å²) in [6, 6.07) is 0. The predicted molar refractivity (Wildman–Crippen MR) is 75.8 cm³/mol. The van der Waals surface area contributed by atoms with E-state index in [1.807, 2.05) is 6.92 Å². The van der Waals surface area contributed by atoms with Crippen LogP contribution in [0.2, 0.25) is 0 Å². The lowest BCUT2D eigenvalue weighted by molar-refractivity contribution is -0.124. The maximum atomic E-state index is 12.1. The van der Waals surface area contributed by atoms with E-state index in [2.05, 4.69) is 9.71 Å². The number of nitrogens with zero attached hydrogens (tertiary/aromatic N) is 1. The van der Waals surface area contributed by atoms with Crippen molar-refractivity contribution in [2.45, 2.75) is 43.4 Å². The molecule has 2 saturated carbocycles. The summed E-state index contributed by atoms with van der Waals surface area (Å²) >= 11 is 1.06. The number of aryl methyl sites for hydroxylation is 1. The van der Waals surface area contributed by atoms with E-state index in [1.165, 1.54) is 6.42 Å². The number of hydrogen-bond acceptors (Lipinski definition) is 5. The summed E-state index contributed by atoms with van der Waals surface area (Å²) in [4.78, 5) is 16.2. The Morgan fingerprint density at radius 2 is 2.20 bits per heavy atom. The van der Waals surface area contributed by atoms with Crippen LogP contribution in [0.5, 0.6) is 0 Å². The zero-order valence-electron chi connectivity index (χ0n) is 11.3. The molecule has 2 aliphatic carbocycles. The van der Waals surface area contributed by atoms with Gasteiger partial charge >= 0.3 is 0 Å². The van der Waals surface area contributed by atoms with Gasteiger partial charge in [-0.1, -0.05) is 6.92 Å². The van der Waals surface area contributed by atoms with Crippen LogP contribution in [0.4, 0.5) is 0 Å². The molecule has 0 radical (unpaired) electrons. The second-order valence-corrected chi connectivity index (χ2v) is 8.41. The number of amides is 1. The minimum absolute atomic E-state index is 0.0113. The number of rotatable bonds is 4. The van der Waals surface area contributed by atoms with Crippen LogP contribution in [0, 0.1) is 17.8 Å². The lowest BCUT2D eigenvalue weighted by atomic mass is 9.89. The molecular weight excluding hydrogens is 296 g/mol. The van der Waals surface area contributed by atoms with Crippen LogP contribution in [0.25, 0.3) is 0 Å².